The van der Waals surface area contributed by atoms with Crippen LogP contribution in [0.15, 0.2) is 18.5 Å². The van der Waals surface area contributed by atoms with E-state index in [-0.39, 0.29) is 0 Å². The third-order valence-corrected chi connectivity index (χ3v) is 1.76. The molecular formula is C8H9N3. The van der Waals surface area contributed by atoms with Crippen molar-refractivity contribution in [3.8, 4) is 11.4 Å². The molecule has 2 aliphatic rings. The van der Waals surface area contributed by atoms with Crippen molar-refractivity contribution in [1.29, 1.82) is 0 Å². The van der Waals surface area contributed by atoms with Crippen LogP contribution in [-0.4, -0.2) is 14.8 Å². The maximum atomic E-state index is 4.20. The second kappa shape index (κ2) is 2.05. The Morgan fingerprint density at radius 2 is 2.27 bits per heavy atom. The molecular weight excluding hydrogens is 138 g/mol. The fourth-order valence-corrected chi connectivity index (χ4v) is 1.12. The third-order valence-electron chi connectivity index (χ3n) is 1.76. The number of aryl methyl sites for hydroxylation is 2. The van der Waals surface area contributed by atoms with Gasteiger partial charge >= 0.3 is 0 Å². The standard InChI is InChI=1S/C8H9N3/c1-6-5-9-8-7(6)3-4-11(2)10-8/h3-5H,1-2H3. The molecule has 3 heteroatoms. The smallest absolute Gasteiger partial charge is 0.179 e. The highest BCUT2D eigenvalue weighted by Gasteiger charge is 2.07. The van der Waals surface area contributed by atoms with Crippen LogP contribution >= 0.6 is 0 Å². The fraction of sp³-hybridized carbons (Fsp3) is 0.250. The van der Waals surface area contributed by atoms with Gasteiger partial charge in [-0.05, 0) is 18.6 Å². The van der Waals surface area contributed by atoms with Crippen LogP contribution < -0.4 is 0 Å². The Balaban J connectivity index is 2.74. The molecule has 0 bridgehead atoms. The van der Waals surface area contributed by atoms with E-state index < -0.39 is 0 Å². The minimum absolute atomic E-state index is 0.826. The molecule has 11 heavy (non-hydrogen) atoms. The van der Waals surface area contributed by atoms with Crippen LogP contribution in [0.25, 0.3) is 11.4 Å². The average molecular weight is 147 g/mol. The first-order chi connectivity index (χ1) is 5.27. The highest BCUT2D eigenvalue weighted by Crippen LogP contribution is 2.20. The summed E-state index contributed by atoms with van der Waals surface area (Å²) in [5, 5.41) is 4.20. The van der Waals surface area contributed by atoms with E-state index in [2.05, 4.69) is 10.1 Å². The first kappa shape index (κ1) is 6.34. The molecule has 2 heterocycles. The van der Waals surface area contributed by atoms with Gasteiger partial charge in [-0.1, -0.05) is 0 Å². The molecule has 0 aliphatic carbocycles. The van der Waals surface area contributed by atoms with Gasteiger partial charge in [0, 0.05) is 25.0 Å². The second-order valence-electron chi connectivity index (χ2n) is 2.67. The third kappa shape index (κ3) is 0.888. The molecule has 0 radical (unpaired) electrons. The second-order valence-corrected chi connectivity index (χ2v) is 2.67. The summed E-state index contributed by atoms with van der Waals surface area (Å²) in [6.45, 7) is 2.04. The summed E-state index contributed by atoms with van der Waals surface area (Å²) in [4.78, 5) is 4.15. The maximum Gasteiger partial charge on any atom is 0.179 e. The van der Waals surface area contributed by atoms with Gasteiger partial charge < -0.3 is 0 Å². The minimum atomic E-state index is 0.826. The van der Waals surface area contributed by atoms with Gasteiger partial charge in [0.15, 0.2) is 5.82 Å². The summed E-state index contributed by atoms with van der Waals surface area (Å²) >= 11 is 0. The molecule has 2 rings (SSSR count). The van der Waals surface area contributed by atoms with E-state index in [0.29, 0.717) is 0 Å². The molecule has 2 aliphatic heterocycles. The van der Waals surface area contributed by atoms with Crippen molar-refractivity contribution in [2.24, 2.45) is 7.05 Å². The summed E-state index contributed by atoms with van der Waals surface area (Å²) in [7, 11) is 1.89. The fourth-order valence-electron chi connectivity index (χ4n) is 1.12. The zero-order valence-corrected chi connectivity index (χ0v) is 6.57. The number of rotatable bonds is 0. The predicted molar refractivity (Wildman–Crippen MR) is 42.4 cm³/mol. The lowest BCUT2D eigenvalue weighted by Crippen LogP contribution is -1.98. The number of hydrogen-bond donors (Lipinski definition) is 0. The topological polar surface area (TPSA) is 30.7 Å². The van der Waals surface area contributed by atoms with Gasteiger partial charge in [-0.2, -0.15) is 5.10 Å². The lowest BCUT2D eigenvalue weighted by molar-refractivity contribution is 0.736. The summed E-state index contributed by atoms with van der Waals surface area (Å²) in [5.74, 6) is 0.826. The summed E-state index contributed by atoms with van der Waals surface area (Å²) in [6.07, 6.45) is 3.77. The summed E-state index contributed by atoms with van der Waals surface area (Å²) in [6, 6.07) is 2.03. The molecule has 0 saturated carbocycles. The van der Waals surface area contributed by atoms with E-state index in [0.717, 1.165) is 11.4 Å². The van der Waals surface area contributed by atoms with Crippen molar-refractivity contribution in [3.05, 3.63) is 24.0 Å². The average Bonchev–Trinajstić information content (AvgIpc) is 2.32. The van der Waals surface area contributed by atoms with Crippen LogP contribution in [0.3, 0.4) is 0 Å². The van der Waals surface area contributed by atoms with E-state index >= 15 is 0 Å². The van der Waals surface area contributed by atoms with E-state index in [4.69, 9.17) is 0 Å². The Morgan fingerprint density at radius 1 is 1.45 bits per heavy atom. The SMILES string of the molecule is Cc1cnc2nn(C)ccc1-2. The number of hydrogen-bond acceptors (Lipinski definition) is 2. The molecule has 0 atom stereocenters. The van der Waals surface area contributed by atoms with Crippen LogP contribution in [-0.2, 0) is 7.05 Å². The molecule has 0 spiro atoms. The van der Waals surface area contributed by atoms with E-state index in [1.807, 2.05) is 32.4 Å². The van der Waals surface area contributed by atoms with E-state index in [9.17, 15) is 0 Å². The zero-order valence-electron chi connectivity index (χ0n) is 6.57. The van der Waals surface area contributed by atoms with Gasteiger partial charge in [0.25, 0.3) is 0 Å². The van der Waals surface area contributed by atoms with Crippen molar-refractivity contribution in [2.75, 3.05) is 0 Å². The van der Waals surface area contributed by atoms with Crippen LogP contribution in [0.1, 0.15) is 5.56 Å². The highest BCUT2D eigenvalue weighted by molar-refractivity contribution is 5.60. The van der Waals surface area contributed by atoms with Crippen molar-refractivity contribution in [3.63, 3.8) is 0 Å². The Labute approximate surface area is 65.0 Å². The van der Waals surface area contributed by atoms with Crippen molar-refractivity contribution in [2.45, 2.75) is 6.92 Å². The monoisotopic (exact) mass is 147 g/mol. The Bertz CT molecular complexity index is 351. The zero-order chi connectivity index (χ0) is 7.84. The molecule has 0 aromatic carbocycles. The lowest BCUT2D eigenvalue weighted by atomic mass is 10.2. The van der Waals surface area contributed by atoms with Gasteiger partial charge in [-0.25, -0.2) is 4.98 Å². The highest BCUT2D eigenvalue weighted by atomic mass is 15.3. The largest absolute Gasteiger partial charge is 0.274 e. The molecule has 0 N–H and O–H groups in total. The molecule has 0 amide bonds. The summed E-state index contributed by atoms with van der Waals surface area (Å²) in [5.41, 5.74) is 2.33. The first-order valence-electron chi connectivity index (χ1n) is 3.52. The van der Waals surface area contributed by atoms with E-state index in [1.165, 1.54) is 5.56 Å². The number of nitrogens with zero attached hydrogens (tertiary/aromatic N) is 3. The molecule has 0 saturated heterocycles. The molecule has 0 unspecified atom stereocenters. The quantitative estimate of drug-likeness (QED) is 0.561. The maximum absolute atomic E-state index is 4.20. The molecule has 0 aromatic heterocycles. The number of aromatic nitrogens is 3. The van der Waals surface area contributed by atoms with Crippen molar-refractivity contribution >= 4 is 0 Å². The van der Waals surface area contributed by atoms with Gasteiger partial charge in [-0.15, -0.1) is 0 Å². The minimum Gasteiger partial charge on any atom is -0.274 e. The predicted octanol–water partition coefficient (Wildman–Crippen LogP) is 1.23. The Morgan fingerprint density at radius 3 is 3.09 bits per heavy atom. The summed E-state index contributed by atoms with van der Waals surface area (Å²) < 4.78 is 1.76. The molecule has 0 aromatic rings. The molecule has 56 valence electrons. The van der Waals surface area contributed by atoms with Crippen molar-refractivity contribution in [1.82, 2.24) is 14.8 Å². The van der Waals surface area contributed by atoms with Crippen LogP contribution in [0, 0.1) is 6.92 Å². The number of fused-ring (bicyclic) bond motifs is 1. The molecule has 3 nitrogen and oxygen atoms in total. The van der Waals surface area contributed by atoms with Gasteiger partial charge in [0.1, 0.15) is 0 Å². The first-order valence-corrected chi connectivity index (χ1v) is 3.52. The van der Waals surface area contributed by atoms with E-state index in [1.54, 1.807) is 4.68 Å². The Kier molecular flexibility index (Phi) is 1.18. The van der Waals surface area contributed by atoms with Gasteiger partial charge in [0.05, 0.1) is 0 Å². The molecule has 0 fully saturated rings. The normalized spacial score (nSPS) is 10.7. The van der Waals surface area contributed by atoms with Crippen LogP contribution in [0.2, 0.25) is 0 Å². The lowest BCUT2D eigenvalue weighted by Gasteiger charge is -2.00. The van der Waals surface area contributed by atoms with Crippen LogP contribution in [0.5, 0.6) is 0 Å². The van der Waals surface area contributed by atoms with Crippen LogP contribution in [0.4, 0.5) is 0 Å². The van der Waals surface area contributed by atoms with Crippen molar-refractivity contribution < 1.29 is 0 Å². The van der Waals surface area contributed by atoms with Gasteiger partial charge in [0.2, 0.25) is 0 Å². The van der Waals surface area contributed by atoms with Gasteiger partial charge in [-0.3, -0.25) is 4.68 Å². The Hall–Kier alpha value is -1.38.